The minimum absolute atomic E-state index is 0.625. The first-order valence-electron chi connectivity index (χ1n) is 6.54. The number of aromatic nitrogens is 4. The minimum atomic E-state index is 0.625. The Balaban J connectivity index is 1.58. The van der Waals surface area contributed by atoms with Crippen LogP contribution in [0.3, 0.4) is 0 Å². The van der Waals surface area contributed by atoms with Crippen molar-refractivity contribution in [1.82, 2.24) is 19.7 Å². The Morgan fingerprint density at radius 1 is 1.35 bits per heavy atom. The summed E-state index contributed by atoms with van der Waals surface area (Å²) in [5.74, 6) is 2.57. The van der Waals surface area contributed by atoms with Gasteiger partial charge in [-0.05, 0) is 15.9 Å². The Morgan fingerprint density at radius 2 is 2.15 bits per heavy atom. The maximum Gasteiger partial charge on any atom is 0.134 e. The van der Waals surface area contributed by atoms with Gasteiger partial charge in [0.1, 0.15) is 18.0 Å². The Morgan fingerprint density at radius 3 is 2.80 bits per heavy atom. The average molecular weight is 337 g/mol. The van der Waals surface area contributed by atoms with Gasteiger partial charge in [0.05, 0.1) is 10.7 Å². The summed E-state index contributed by atoms with van der Waals surface area (Å²) in [6, 6.07) is 2.03. The molecule has 2 aromatic rings. The van der Waals surface area contributed by atoms with Gasteiger partial charge in [0.2, 0.25) is 0 Å². The Bertz CT molecular complexity index is 590. The van der Waals surface area contributed by atoms with Crippen LogP contribution in [0.5, 0.6) is 0 Å². The first kappa shape index (κ1) is 13.4. The highest BCUT2D eigenvalue weighted by Crippen LogP contribution is 2.25. The summed E-state index contributed by atoms with van der Waals surface area (Å²) >= 11 is 3.42. The van der Waals surface area contributed by atoms with Gasteiger partial charge in [0.25, 0.3) is 0 Å². The van der Waals surface area contributed by atoms with E-state index in [0.717, 1.165) is 35.7 Å². The first-order chi connectivity index (χ1) is 9.61. The predicted octanol–water partition coefficient (Wildman–Crippen LogP) is 1.64. The topological polar surface area (TPSA) is 50.1 Å². The number of hydrogen-bond acceptors (Lipinski definition) is 5. The molecule has 0 aliphatic carbocycles. The second-order valence-electron chi connectivity index (χ2n) is 5.28. The molecule has 0 bridgehead atoms. The van der Waals surface area contributed by atoms with Gasteiger partial charge in [-0.3, -0.25) is 4.68 Å². The molecule has 1 aliphatic rings. The van der Waals surface area contributed by atoms with Crippen LogP contribution in [0.1, 0.15) is 0 Å². The largest absolute Gasteiger partial charge is 0.363 e. The van der Waals surface area contributed by atoms with Crippen molar-refractivity contribution in [2.75, 3.05) is 37.0 Å². The zero-order valence-corrected chi connectivity index (χ0v) is 13.2. The molecule has 0 unspecified atom stereocenters. The maximum absolute atomic E-state index is 4.35. The molecule has 1 aliphatic heterocycles. The molecule has 0 radical (unpaired) electrons. The van der Waals surface area contributed by atoms with Crippen molar-refractivity contribution in [3.8, 4) is 0 Å². The van der Waals surface area contributed by atoms with Crippen molar-refractivity contribution in [2.45, 2.75) is 6.54 Å². The lowest BCUT2D eigenvalue weighted by Gasteiger charge is -2.40. The summed E-state index contributed by atoms with van der Waals surface area (Å²) < 4.78 is 3.01. The van der Waals surface area contributed by atoms with Gasteiger partial charge >= 0.3 is 0 Å². The third-order valence-corrected chi connectivity index (χ3v) is 3.83. The van der Waals surface area contributed by atoms with E-state index in [1.165, 1.54) is 0 Å². The molecule has 106 valence electrons. The van der Waals surface area contributed by atoms with Crippen LogP contribution >= 0.6 is 15.9 Å². The normalized spacial score (nSPS) is 15.2. The molecule has 0 saturated carbocycles. The van der Waals surface area contributed by atoms with Gasteiger partial charge in [-0.2, -0.15) is 5.10 Å². The SMILES string of the molecule is CN(C)c1cc(N2CC(Cn3cc(Br)cn3)C2)ncn1. The Hall–Kier alpha value is -1.63. The molecule has 1 fully saturated rings. The molecule has 0 atom stereocenters. The number of anilines is 2. The highest BCUT2D eigenvalue weighted by atomic mass is 79.9. The highest BCUT2D eigenvalue weighted by molar-refractivity contribution is 9.10. The van der Waals surface area contributed by atoms with Gasteiger partial charge in [-0.1, -0.05) is 0 Å². The quantitative estimate of drug-likeness (QED) is 0.849. The van der Waals surface area contributed by atoms with E-state index >= 15 is 0 Å². The van der Waals surface area contributed by atoms with Crippen LogP contribution in [-0.4, -0.2) is 46.9 Å². The van der Waals surface area contributed by atoms with E-state index in [0.29, 0.717) is 5.92 Å². The van der Waals surface area contributed by atoms with Crippen LogP contribution in [0.2, 0.25) is 0 Å². The lowest BCUT2D eigenvalue weighted by Crippen LogP contribution is -2.49. The molecule has 3 rings (SSSR count). The first-order valence-corrected chi connectivity index (χ1v) is 7.33. The standard InChI is InChI=1S/C13H17BrN6/c1-18(2)12-3-13(16-9-15-12)19-5-10(6-19)7-20-8-11(14)4-17-20/h3-4,8-10H,5-7H2,1-2H3. The lowest BCUT2D eigenvalue weighted by molar-refractivity contribution is 0.340. The van der Waals surface area contributed by atoms with E-state index in [1.807, 2.05) is 42.1 Å². The fourth-order valence-electron chi connectivity index (χ4n) is 2.33. The van der Waals surface area contributed by atoms with Crippen molar-refractivity contribution < 1.29 is 0 Å². The Kier molecular flexibility index (Phi) is 3.60. The van der Waals surface area contributed by atoms with Gasteiger partial charge in [-0.25, -0.2) is 9.97 Å². The third kappa shape index (κ3) is 2.77. The summed E-state index contributed by atoms with van der Waals surface area (Å²) in [5, 5.41) is 4.29. The van der Waals surface area contributed by atoms with Gasteiger partial charge in [-0.15, -0.1) is 0 Å². The fraction of sp³-hybridized carbons (Fsp3) is 0.462. The molecule has 0 amide bonds. The molecular formula is C13H17BrN6. The number of rotatable bonds is 4. The van der Waals surface area contributed by atoms with Gasteiger partial charge in [0, 0.05) is 51.9 Å². The second-order valence-corrected chi connectivity index (χ2v) is 6.20. The average Bonchev–Trinajstić information content (AvgIpc) is 2.79. The highest BCUT2D eigenvalue weighted by Gasteiger charge is 2.28. The van der Waals surface area contributed by atoms with Crippen molar-refractivity contribution in [1.29, 1.82) is 0 Å². The summed E-state index contributed by atoms with van der Waals surface area (Å²) in [5.41, 5.74) is 0. The maximum atomic E-state index is 4.35. The third-order valence-electron chi connectivity index (χ3n) is 3.42. The monoisotopic (exact) mass is 336 g/mol. The van der Waals surface area contributed by atoms with Gasteiger partial charge < -0.3 is 9.80 Å². The summed E-state index contributed by atoms with van der Waals surface area (Å²) in [6.45, 7) is 2.98. The molecule has 0 N–H and O–H groups in total. The summed E-state index contributed by atoms with van der Waals surface area (Å²) in [7, 11) is 3.97. The second kappa shape index (κ2) is 5.40. The molecule has 7 heteroatoms. The van der Waals surface area contributed by atoms with E-state index in [1.54, 1.807) is 6.33 Å². The van der Waals surface area contributed by atoms with Crippen LogP contribution in [-0.2, 0) is 6.54 Å². The van der Waals surface area contributed by atoms with Crippen molar-refractivity contribution in [3.05, 3.63) is 29.3 Å². The molecule has 20 heavy (non-hydrogen) atoms. The number of halogens is 1. The van der Waals surface area contributed by atoms with Crippen LogP contribution in [0, 0.1) is 5.92 Å². The summed E-state index contributed by atoms with van der Waals surface area (Å²) in [6.07, 6.45) is 5.46. The summed E-state index contributed by atoms with van der Waals surface area (Å²) in [4.78, 5) is 12.9. The predicted molar refractivity (Wildman–Crippen MR) is 82.0 cm³/mol. The van der Waals surface area contributed by atoms with Crippen LogP contribution in [0.4, 0.5) is 11.6 Å². The smallest absolute Gasteiger partial charge is 0.134 e. The molecular weight excluding hydrogens is 320 g/mol. The molecule has 0 spiro atoms. The fourth-order valence-corrected chi connectivity index (χ4v) is 2.66. The molecule has 1 saturated heterocycles. The van der Waals surface area contributed by atoms with Crippen molar-refractivity contribution in [2.24, 2.45) is 5.92 Å². The van der Waals surface area contributed by atoms with E-state index in [4.69, 9.17) is 0 Å². The van der Waals surface area contributed by atoms with E-state index < -0.39 is 0 Å². The van der Waals surface area contributed by atoms with E-state index in [2.05, 4.69) is 35.9 Å². The molecule has 3 heterocycles. The Labute approximate surface area is 126 Å². The molecule has 6 nitrogen and oxygen atoms in total. The zero-order valence-electron chi connectivity index (χ0n) is 11.6. The van der Waals surface area contributed by atoms with Crippen molar-refractivity contribution in [3.63, 3.8) is 0 Å². The number of nitrogens with zero attached hydrogens (tertiary/aromatic N) is 6. The van der Waals surface area contributed by atoms with E-state index in [9.17, 15) is 0 Å². The van der Waals surface area contributed by atoms with Crippen LogP contribution in [0.15, 0.2) is 29.3 Å². The van der Waals surface area contributed by atoms with Crippen molar-refractivity contribution >= 4 is 27.6 Å². The zero-order chi connectivity index (χ0) is 14.1. The van der Waals surface area contributed by atoms with Gasteiger partial charge in [0.15, 0.2) is 0 Å². The molecule has 2 aromatic heterocycles. The van der Waals surface area contributed by atoms with Crippen LogP contribution < -0.4 is 9.80 Å². The number of hydrogen-bond donors (Lipinski definition) is 0. The minimum Gasteiger partial charge on any atom is -0.363 e. The van der Waals surface area contributed by atoms with E-state index in [-0.39, 0.29) is 0 Å². The lowest BCUT2D eigenvalue weighted by atomic mass is 10.0. The van der Waals surface area contributed by atoms with Crippen LogP contribution in [0.25, 0.3) is 0 Å². The molecule has 0 aromatic carbocycles.